The Labute approximate surface area is 91.9 Å². The summed E-state index contributed by atoms with van der Waals surface area (Å²) in [7, 11) is 0. The highest BCUT2D eigenvalue weighted by Gasteiger charge is 2.12. The van der Waals surface area contributed by atoms with Crippen LogP contribution in [0.4, 0.5) is 0 Å². The molecule has 2 heterocycles. The van der Waals surface area contributed by atoms with E-state index in [0.29, 0.717) is 5.82 Å². The van der Waals surface area contributed by atoms with Crippen molar-refractivity contribution in [1.82, 2.24) is 19.8 Å². The highest BCUT2D eigenvalue weighted by molar-refractivity contribution is 5.92. The van der Waals surface area contributed by atoms with Gasteiger partial charge in [-0.05, 0) is 6.92 Å². The van der Waals surface area contributed by atoms with Gasteiger partial charge in [-0.25, -0.2) is 0 Å². The summed E-state index contributed by atoms with van der Waals surface area (Å²) >= 11 is 0. The second kappa shape index (κ2) is 3.24. The van der Waals surface area contributed by atoms with Crippen molar-refractivity contribution >= 4 is 16.4 Å². The van der Waals surface area contributed by atoms with Crippen LogP contribution >= 0.6 is 0 Å². The monoisotopic (exact) mass is 213 g/mol. The topological polar surface area (TPSA) is 69.1 Å². The molecular formula is C11H11N5. The number of aromatic nitrogens is 4. The third-order valence-corrected chi connectivity index (χ3v) is 2.59. The molecule has 0 bridgehead atoms. The van der Waals surface area contributed by atoms with Crippen LogP contribution < -0.4 is 5.73 Å². The smallest absolute Gasteiger partial charge is 0.185 e. The van der Waals surface area contributed by atoms with Crippen LogP contribution in [0.25, 0.3) is 16.4 Å². The lowest BCUT2D eigenvalue weighted by Gasteiger charge is -2.02. The molecule has 0 saturated carbocycles. The second-order valence-electron chi connectivity index (χ2n) is 3.81. The zero-order valence-electron chi connectivity index (χ0n) is 8.83. The molecule has 0 aliphatic carbocycles. The first-order chi connectivity index (χ1) is 7.77. The van der Waals surface area contributed by atoms with Gasteiger partial charge in [0, 0.05) is 10.8 Å². The molecule has 0 radical (unpaired) electrons. The number of hydrogen-bond acceptors (Lipinski definition) is 4. The summed E-state index contributed by atoms with van der Waals surface area (Å²) in [4.78, 5) is 0. The van der Waals surface area contributed by atoms with E-state index in [2.05, 4.69) is 15.3 Å². The molecular weight excluding hydrogens is 202 g/mol. The molecule has 2 N–H and O–H groups in total. The van der Waals surface area contributed by atoms with Crippen LogP contribution in [-0.2, 0) is 0 Å². The lowest BCUT2D eigenvalue weighted by molar-refractivity contribution is 0.696. The Bertz CT molecular complexity index is 656. The Morgan fingerprint density at radius 1 is 1.25 bits per heavy atom. The van der Waals surface area contributed by atoms with E-state index in [9.17, 15) is 0 Å². The summed E-state index contributed by atoms with van der Waals surface area (Å²) in [5.74, 6) is 0.681. The highest BCUT2D eigenvalue weighted by Crippen LogP contribution is 2.18. The van der Waals surface area contributed by atoms with Crippen molar-refractivity contribution in [3.05, 3.63) is 36.3 Å². The van der Waals surface area contributed by atoms with E-state index in [1.807, 2.05) is 31.2 Å². The van der Waals surface area contributed by atoms with Crippen molar-refractivity contribution in [3.63, 3.8) is 0 Å². The molecule has 0 spiro atoms. The number of fused-ring (bicyclic) bond motifs is 3. The van der Waals surface area contributed by atoms with Crippen molar-refractivity contribution in [2.75, 3.05) is 0 Å². The molecule has 5 nitrogen and oxygen atoms in total. The minimum Gasteiger partial charge on any atom is -0.321 e. The van der Waals surface area contributed by atoms with Gasteiger partial charge in [0.05, 0.1) is 12.2 Å². The molecule has 0 unspecified atom stereocenters. The molecule has 1 atom stereocenters. The third-order valence-electron chi connectivity index (χ3n) is 2.59. The number of nitrogens with zero attached hydrogens (tertiary/aromatic N) is 4. The molecule has 80 valence electrons. The Kier molecular flexibility index (Phi) is 1.87. The van der Waals surface area contributed by atoms with Gasteiger partial charge in [0.2, 0.25) is 0 Å². The molecule has 16 heavy (non-hydrogen) atoms. The van der Waals surface area contributed by atoms with Crippen LogP contribution in [0.5, 0.6) is 0 Å². The van der Waals surface area contributed by atoms with Gasteiger partial charge in [0.25, 0.3) is 0 Å². The summed E-state index contributed by atoms with van der Waals surface area (Å²) in [5, 5.41) is 14.6. The maximum Gasteiger partial charge on any atom is 0.185 e. The van der Waals surface area contributed by atoms with Crippen molar-refractivity contribution < 1.29 is 0 Å². The summed E-state index contributed by atoms with van der Waals surface area (Å²) in [6, 6.07) is 7.78. The molecule has 0 aliphatic heterocycles. The van der Waals surface area contributed by atoms with Crippen LogP contribution in [0.3, 0.4) is 0 Å². The van der Waals surface area contributed by atoms with E-state index >= 15 is 0 Å². The second-order valence-corrected chi connectivity index (χ2v) is 3.81. The van der Waals surface area contributed by atoms with Gasteiger partial charge in [-0.15, -0.1) is 10.2 Å². The first kappa shape index (κ1) is 9.23. The minimum absolute atomic E-state index is 0.177. The first-order valence-electron chi connectivity index (χ1n) is 5.12. The Balaban J connectivity index is 2.45. The average molecular weight is 213 g/mol. The first-order valence-corrected chi connectivity index (χ1v) is 5.12. The van der Waals surface area contributed by atoms with Crippen LogP contribution in [-0.4, -0.2) is 19.8 Å². The standard InChI is InChI=1S/C11H11N5/c1-7(12)10-14-15-11-9-5-3-2-4-8(9)6-13-16(10)11/h2-7H,12H2,1H3/t7-/m0/s1. The number of hydrogen-bond donors (Lipinski definition) is 1. The highest BCUT2D eigenvalue weighted by atomic mass is 15.4. The van der Waals surface area contributed by atoms with Gasteiger partial charge in [-0.2, -0.15) is 9.61 Å². The number of nitrogens with two attached hydrogens (primary N) is 1. The molecule has 0 saturated heterocycles. The van der Waals surface area contributed by atoms with Gasteiger partial charge in [0.15, 0.2) is 11.5 Å². The van der Waals surface area contributed by atoms with E-state index in [-0.39, 0.29) is 6.04 Å². The van der Waals surface area contributed by atoms with E-state index in [1.54, 1.807) is 10.7 Å². The van der Waals surface area contributed by atoms with Crippen molar-refractivity contribution in [3.8, 4) is 0 Å². The number of rotatable bonds is 1. The van der Waals surface area contributed by atoms with Crippen LogP contribution in [0.15, 0.2) is 30.5 Å². The fourth-order valence-corrected chi connectivity index (χ4v) is 1.79. The maximum absolute atomic E-state index is 5.80. The molecule has 1 aromatic carbocycles. The van der Waals surface area contributed by atoms with Gasteiger partial charge in [0.1, 0.15) is 0 Å². The normalized spacial score (nSPS) is 13.4. The van der Waals surface area contributed by atoms with Crippen LogP contribution in [0.2, 0.25) is 0 Å². The Morgan fingerprint density at radius 2 is 2.06 bits per heavy atom. The zero-order valence-corrected chi connectivity index (χ0v) is 8.83. The molecule has 5 heteroatoms. The summed E-state index contributed by atoms with van der Waals surface area (Å²) < 4.78 is 1.70. The maximum atomic E-state index is 5.80. The SMILES string of the molecule is C[C@H](N)c1nnc2c3ccccc3cnn12. The summed E-state index contributed by atoms with van der Waals surface area (Å²) in [5.41, 5.74) is 6.56. The van der Waals surface area contributed by atoms with Crippen molar-refractivity contribution in [2.24, 2.45) is 5.73 Å². The minimum atomic E-state index is -0.177. The molecule has 3 rings (SSSR count). The Hall–Kier alpha value is -2.01. The van der Waals surface area contributed by atoms with Gasteiger partial charge in [-0.1, -0.05) is 24.3 Å². The molecule has 0 fully saturated rings. The summed E-state index contributed by atoms with van der Waals surface area (Å²) in [6.45, 7) is 1.87. The fraction of sp³-hybridized carbons (Fsp3) is 0.182. The number of benzene rings is 1. The predicted molar refractivity (Wildman–Crippen MR) is 60.9 cm³/mol. The van der Waals surface area contributed by atoms with E-state index in [4.69, 9.17) is 5.73 Å². The predicted octanol–water partition coefficient (Wildman–Crippen LogP) is 1.30. The lowest BCUT2D eigenvalue weighted by Crippen LogP contribution is -2.11. The van der Waals surface area contributed by atoms with E-state index in [0.717, 1.165) is 16.4 Å². The van der Waals surface area contributed by atoms with Gasteiger partial charge >= 0.3 is 0 Å². The fourth-order valence-electron chi connectivity index (χ4n) is 1.79. The lowest BCUT2D eigenvalue weighted by atomic mass is 10.2. The van der Waals surface area contributed by atoms with E-state index < -0.39 is 0 Å². The molecule has 0 amide bonds. The molecule has 0 aliphatic rings. The van der Waals surface area contributed by atoms with Crippen LogP contribution in [0.1, 0.15) is 18.8 Å². The molecule has 2 aromatic heterocycles. The largest absolute Gasteiger partial charge is 0.321 e. The average Bonchev–Trinajstić information content (AvgIpc) is 2.73. The summed E-state index contributed by atoms with van der Waals surface area (Å²) in [6.07, 6.45) is 1.80. The Morgan fingerprint density at radius 3 is 2.88 bits per heavy atom. The van der Waals surface area contributed by atoms with Crippen molar-refractivity contribution in [2.45, 2.75) is 13.0 Å². The zero-order chi connectivity index (χ0) is 11.1. The van der Waals surface area contributed by atoms with Gasteiger partial charge < -0.3 is 5.73 Å². The van der Waals surface area contributed by atoms with Crippen molar-refractivity contribution in [1.29, 1.82) is 0 Å². The van der Waals surface area contributed by atoms with Gasteiger partial charge in [-0.3, -0.25) is 0 Å². The third kappa shape index (κ3) is 1.18. The quantitative estimate of drug-likeness (QED) is 0.661. The van der Waals surface area contributed by atoms with Crippen LogP contribution in [0, 0.1) is 0 Å². The molecule has 3 aromatic rings. The van der Waals surface area contributed by atoms with E-state index in [1.165, 1.54) is 0 Å².